The van der Waals surface area contributed by atoms with E-state index in [4.69, 9.17) is 0 Å². The standard InChI is InChI=1S/C9H10BrF3N2/c10-3-7-5-15(4-6-1-2-6)14-8(7)9(11,12)13/h5-6H,1-4H2. The van der Waals surface area contributed by atoms with Gasteiger partial charge in [0.25, 0.3) is 0 Å². The quantitative estimate of drug-likeness (QED) is 0.779. The van der Waals surface area contributed by atoms with Crippen LogP contribution in [0.3, 0.4) is 0 Å². The molecule has 2 rings (SSSR count). The van der Waals surface area contributed by atoms with Crippen LogP contribution < -0.4 is 0 Å². The SMILES string of the molecule is FC(F)(F)c1nn(CC2CC2)cc1CBr. The average molecular weight is 283 g/mol. The van der Waals surface area contributed by atoms with Crippen LogP contribution in [0.4, 0.5) is 13.2 Å². The number of alkyl halides is 4. The molecule has 1 aliphatic rings. The van der Waals surface area contributed by atoms with Gasteiger partial charge in [0.2, 0.25) is 0 Å². The van der Waals surface area contributed by atoms with Crippen molar-refractivity contribution in [2.24, 2.45) is 5.92 Å². The zero-order valence-corrected chi connectivity index (χ0v) is 9.48. The highest BCUT2D eigenvalue weighted by molar-refractivity contribution is 9.08. The van der Waals surface area contributed by atoms with Crippen LogP contribution >= 0.6 is 15.9 Å². The van der Waals surface area contributed by atoms with Crippen molar-refractivity contribution in [2.75, 3.05) is 0 Å². The van der Waals surface area contributed by atoms with Crippen molar-refractivity contribution in [2.45, 2.75) is 30.9 Å². The number of nitrogens with zero attached hydrogens (tertiary/aromatic N) is 2. The second kappa shape index (κ2) is 3.81. The van der Waals surface area contributed by atoms with Gasteiger partial charge in [0, 0.05) is 23.6 Å². The highest BCUT2D eigenvalue weighted by Gasteiger charge is 2.37. The summed E-state index contributed by atoms with van der Waals surface area (Å²) in [5.74, 6) is 0.522. The Balaban J connectivity index is 2.23. The number of rotatable bonds is 3. The minimum atomic E-state index is -4.35. The number of hydrogen-bond acceptors (Lipinski definition) is 1. The van der Waals surface area contributed by atoms with Crippen molar-refractivity contribution in [1.29, 1.82) is 0 Å². The predicted molar refractivity (Wildman–Crippen MR) is 52.6 cm³/mol. The molecule has 0 amide bonds. The lowest BCUT2D eigenvalue weighted by Crippen LogP contribution is -2.10. The summed E-state index contributed by atoms with van der Waals surface area (Å²) in [6.45, 7) is 0.607. The Hall–Kier alpha value is -0.520. The third kappa shape index (κ3) is 2.53. The van der Waals surface area contributed by atoms with Gasteiger partial charge in [-0.3, -0.25) is 4.68 Å². The molecule has 1 heterocycles. The van der Waals surface area contributed by atoms with Crippen LogP contribution in [0.5, 0.6) is 0 Å². The fraction of sp³-hybridized carbons (Fsp3) is 0.667. The van der Waals surface area contributed by atoms with Gasteiger partial charge < -0.3 is 0 Å². The molecule has 15 heavy (non-hydrogen) atoms. The van der Waals surface area contributed by atoms with Gasteiger partial charge in [-0.25, -0.2) is 0 Å². The van der Waals surface area contributed by atoms with Gasteiger partial charge in [-0.1, -0.05) is 15.9 Å². The lowest BCUT2D eigenvalue weighted by atomic mass is 10.3. The summed E-state index contributed by atoms with van der Waals surface area (Å²) in [5, 5.41) is 3.78. The van der Waals surface area contributed by atoms with Crippen molar-refractivity contribution >= 4 is 15.9 Å². The summed E-state index contributed by atoms with van der Waals surface area (Å²) in [6, 6.07) is 0. The normalized spacial score (nSPS) is 17.1. The van der Waals surface area contributed by atoms with Gasteiger partial charge in [-0.05, 0) is 18.8 Å². The first-order chi connectivity index (χ1) is 7.00. The van der Waals surface area contributed by atoms with E-state index in [1.807, 2.05) is 0 Å². The maximum absolute atomic E-state index is 12.5. The van der Waals surface area contributed by atoms with Crippen molar-refractivity contribution < 1.29 is 13.2 Å². The topological polar surface area (TPSA) is 17.8 Å². The van der Waals surface area contributed by atoms with Crippen molar-refractivity contribution in [3.05, 3.63) is 17.5 Å². The minimum absolute atomic E-state index is 0.187. The van der Waals surface area contributed by atoms with Gasteiger partial charge in [0.1, 0.15) is 0 Å². The lowest BCUT2D eigenvalue weighted by Gasteiger charge is -2.03. The van der Waals surface area contributed by atoms with E-state index < -0.39 is 11.9 Å². The zero-order valence-electron chi connectivity index (χ0n) is 7.89. The maximum atomic E-state index is 12.5. The summed E-state index contributed by atoms with van der Waals surface area (Å²) in [7, 11) is 0. The molecule has 0 saturated heterocycles. The summed E-state index contributed by atoms with van der Waals surface area (Å²) in [4.78, 5) is 0. The molecule has 0 aromatic carbocycles. The molecule has 0 atom stereocenters. The molecular weight excluding hydrogens is 273 g/mol. The minimum Gasteiger partial charge on any atom is -0.272 e. The Morgan fingerprint density at radius 3 is 2.53 bits per heavy atom. The van der Waals surface area contributed by atoms with E-state index in [1.165, 1.54) is 10.9 Å². The Morgan fingerprint density at radius 1 is 1.47 bits per heavy atom. The molecule has 0 N–H and O–H groups in total. The summed E-state index contributed by atoms with van der Waals surface area (Å²) < 4.78 is 38.9. The van der Waals surface area contributed by atoms with E-state index in [2.05, 4.69) is 21.0 Å². The molecule has 0 aliphatic heterocycles. The van der Waals surface area contributed by atoms with E-state index in [0.717, 1.165) is 12.8 Å². The van der Waals surface area contributed by atoms with Gasteiger partial charge >= 0.3 is 6.18 Å². The molecule has 0 unspecified atom stereocenters. The second-order valence-corrected chi connectivity index (χ2v) is 4.36. The monoisotopic (exact) mass is 282 g/mol. The van der Waals surface area contributed by atoms with Gasteiger partial charge in [0.15, 0.2) is 5.69 Å². The summed E-state index contributed by atoms with van der Waals surface area (Å²) >= 11 is 3.04. The van der Waals surface area contributed by atoms with E-state index in [0.29, 0.717) is 12.5 Å². The van der Waals surface area contributed by atoms with Crippen LogP contribution in [0.2, 0.25) is 0 Å². The molecule has 0 radical (unpaired) electrons. The maximum Gasteiger partial charge on any atom is 0.435 e. The molecule has 2 nitrogen and oxygen atoms in total. The Morgan fingerprint density at radius 2 is 2.13 bits per heavy atom. The number of aromatic nitrogens is 2. The first-order valence-electron chi connectivity index (χ1n) is 4.70. The highest BCUT2D eigenvalue weighted by Crippen LogP contribution is 2.34. The molecule has 0 bridgehead atoms. The molecule has 6 heteroatoms. The number of halogens is 4. The summed E-state index contributed by atoms with van der Waals surface area (Å²) in [6.07, 6.45) is -0.663. The third-order valence-electron chi connectivity index (χ3n) is 2.39. The van der Waals surface area contributed by atoms with Crippen molar-refractivity contribution in [1.82, 2.24) is 9.78 Å². The third-order valence-corrected chi connectivity index (χ3v) is 3.00. The smallest absolute Gasteiger partial charge is 0.272 e. The zero-order chi connectivity index (χ0) is 11.1. The predicted octanol–water partition coefficient (Wildman–Crippen LogP) is 3.21. The number of hydrogen-bond donors (Lipinski definition) is 0. The Kier molecular flexibility index (Phi) is 2.79. The second-order valence-electron chi connectivity index (χ2n) is 3.80. The highest BCUT2D eigenvalue weighted by atomic mass is 79.9. The van der Waals surface area contributed by atoms with Gasteiger partial charge in [0.05, 0.1) is 0 Å². The van der Waals surface area contributed by atoms with E-state index in [1.54, 1.807) is 0 Å². The van der Waals surface area contributed by atoms with Crippen LogP contribution in [0.15, 0.2) is 6.20 Å². The molecule has 1 aromatic rings. The molecule has 1 saturated carbocycles. The molecule has 1 fully saturated rings. The van der Waals surface area contributed by atoms with Gasteiger partial charge in [-0.15, -0.1) is 0 Å². The van der Waals surface area contributed by atoms with E-state index in [9.17, 15) is 13.2 Å². The van der Waals surface area contributed by atoms with Crippen LogP contribution in [0.25, 0.3) is 0 Å². The van der Waals surface area contributed by atoms with E-state index in [-0.39, 0.29) is 10.9 Å². The van der Waals surface area contributed by atoms with Crippen LogP contribution in [-0.4, -0.2) is 9.78 Å². The fourth-order valence-electron chi connectivity index (χ4n) is 1.46. The van der Waals surface area contributed by atoms with Crippen molar-refractivity contribution in [3.63, 3.8) is 0 Å². The lowest BCUT2D eigenvalue weighted by molar-refractivity contribution is -0.142. The Labute approximate surface area is 93.6 Å². The fourth-order valence-corrected chi connectivity index (χ4v) is 1.87. The van der Waals surface area contributed by atoms with Crippen LogP contribution in [0.1, 0.15) is 24.1 Å². The summed E-state index contributed by atoms with van der Waals surface area (Å²) in [5.41, 5.74) is -0.553. The van der Waals surface area contributed by atoms with Crippen LogP contribution in [-0.2, 0) is 18.1 Å². The first-order valence-corrected chi connectivity index (χ1v) is 5.82. The van der Waals surface area contributed by atoms with E-state index >= 15 is 0 Å². The Bertz CT molecular complexity index is 355. The van der Waals surface area contributed by atoms with Gasteiger partial charge in [-0.2, -0.15) is 18.3 Å². The molecule has 84 valence electrons. The average Bonchev–Trinajstić information content (AvgIpc) is 2.81. The molecule has 0 spiro atoms. The molecular formula is C9H10BrF3N2. The largest absolute Gasteiger partial charge is 0.435 e. The first kappa shape index (κ1) is 11.0. The molecule has 1 aromatic heterocycles. The molecule has 1 aliphatic carbocycles. The van der Waals surface area contributed by atoms with Crippen LogP contribution in [0, 0.1) is 5.92 Å². The van der Waals surface area contributed by atoms with Crippen molar-refractivity contribution in [3.8, 4) is 0 Å².